The molecule has 6 heteroatoms. The molecule has 0 spiro atoms. The van der Waals surface area contributed by atoms with E-state index in [1.807, 2.05) is 18.2 Å². The van der Waals surface area contributed by atoms with E-state index < -0.39 is 6.04 Å². The second-order valence-corrected chi connectivity index (χ2v) is 5.19. The first kappa shape index (κ1) is 17.2. The normalized spacial score (nSPS) is 17.1. The van der Waals surface area contributed by atoms with E-state index in [2.05, 4.69) is 5.32 Å². The number of carbonyl (C=O) groups excluding carboxylic acids is 1. The molecular formula is C14H20Cl2N2O2. The summed E-state index contributed by atoms with van der Waals surface area (Å²) in [6.45, 7) is 1.79. The Bertz CT molecular complexity index is 437. The van der Waals surface area contributed by atoms with Crippen LogP contribution >= 0.6 is 24.0 Å². The molecule has 1 amide bonds. The predicted molar refractivity (Wildman–Crippen MR) is 82.1 cm³/mol. The zero-order valence-corrected chi connectivity index (χ0v) is 12.8. The molecule has 0 aromatic heterocycles. The van der Waals surface area contributed by atoms with Crippen LogP contribution in [0.25, 0.3) is 0 Å². The fraction of sp³-hybridized carbons (Fsp3) is 0.500. The third kappa shape index (κ3) is 4.63. The molecule has 1 atom stereocenters. The maximum atomic E-state index is 12.0. The largest absolute Gasteiger partial charge is 0.381 e. The van der Waals surface area contributed by atoms with Crippen LogP contribution in [-0.4, -0.2) is 25.2 Å². The Morgan fingerprint density at radius 2 is 2.05 bits per heavy atom. The zero-order chi connectivity index (χ0) is 13.7. The minimum absolute atomic E-state index is 0. The lowest BCUT2D eigenvalue weighted by molar-refractivity contribution is -0.124. The van der Waals surface area contributed by atoms with E-state index in [0.29, 0.717) is 24.8 Å². The summed E-state index contributed by atoms with van der Waals surface area (Å²) in [4.78, 5) is 12.0. The Morgan fingerprint density at radius 1 is 1.40 bits per heavy atom. The van der Waals surface area contributed by atoms with Gasteiger partial charge in [0.1, 0.15) is 0 Å². The van der Waals surface area contributed by atoms with Gasteiger partial charge in [0.2, 0.25) is 5.91 Å². The van der Waals surface area contributed by atoms with Gasteiger partial charge in [-0.3, -0.25) is 4.79 Å². The molecule has 0 bridgehead atoms. The zero-order valence-electron chi connectivity index (χ0n) is 11.2. The lowest BCUT2D eigenvalue weighted by Gasteiger charge is -2.26. The van der Waals surface area contributed by atoms with Crippen LogP contribution in [0.2, 0.25) is 5.02 Å². The van der Waals surface area contributed by atoms with Crippen LogP contribution in [0.3, 0.4) is 0 Å². The van der Waals surface area contributed by atoms with E-state index in [1.54, 1.807) is 6.07 Å². The molecular weight excluding hydrogens is 299 g/mol. The first-order valence-corrected chi connectivity index (χ1v) is 6.90. The quantitative estimate of drug-likeness (QED) is 0.893. The number of rotatable bonds is 4. The summed E-state index contributed by atoms with van der Waals surface area (Å²) in [6, 6.07) is 6.99. The molecule has 1 heterocycles. The standard InChI is InChI=1S/C14H19ClN2O2.ClH/c15-12-4-2-1-3-11(12)9-17-14(18)13(16)10-5-7-19-8-6-10;/h1-4,10,13H,5-9,16H2,(H,17,18);1H. The monoisotopic (exact) mass is 318 g/mol. The summed E-state index contributed by atoms with van der Waals surface area (Å²) in [5, 5.41) is 3.50. The molecule has 3 N–H and O–H groups in total. The Hall–Kier alpha value is -0.810. The average molecular weight is 319 g/mol. The fourth-order valence-corrected chi connectivity index (χ4v) is 2.43. The number of hydrogen-bond donors (Lipinski definition) is 2. The van der Waals surface area contributed by atoms with Crippen LogP contribution in [0.5, 0.6) is 0 Å². The molecule has 1 unspecified atom stereocenters. The summed E-state index contributed by atoms with van der Waals surface area (Å²) in [5.74, 6) is 0.0896. The summed E-state index contributed by atoms with van der Waals surface area (Å²) in [5.41, 5.74) is 6.89. The minimum Gasteiger partial charge on any atom is -0.381 e. The number of nitrogens with one attached hydrogen (secondary N) is 1. The van der Waals surface area contributed by atoms with E-state index >= 15 is 0 Å². The molecule has 1 fully saturated rings. The molecule has 20 heavy (non-hydrogen) atoms. The lowest BCUT2D eigenvalue weighted by Crippen LogP contribution is -2.46. The Balaban J connectivity index is 0.00000200. The van der Waals surface area contributed by atoms with Gasteiger partial charge in [0, 0.05) is 24.8 Å². The van der Waals surface area contributed by atoms with Crippen LogP contribution in [0.1, 0.15) is 18.4 Å². The summed E-state index contributed by atoms with van der Waals surface area (Å²) in [7, 11) is 0. The molecule has 1 aliphatic rings. The van der Waals surface area contributed by atoms with Gasteiger partial charge in [-0.25, -0.2) is 0 Å². The van der Waals surface area contributed by atoms with Crippen LogP contribution in [0.15, 0.2) is 24.3 Å². The summed E-state index contributed by atoms with van der Waals surface area (Å²) in [6.07, 6.45) is 1.70. The average Bonchev–Trinajstić information content (AvgIpc) is 2.46. The van der Waals surface area contributed by atoms with Crippen molar-refractivity contribution in [3.8, 4) is 0 Å². The smallest absolute Gasteiger partial charge is 0.237 e. The number of benzene rings is 1. The van der Waals surface area contributed by atoms with Crippen LogP contribution in [0, 0.1) is 5.92 Å². The highest BCUT2D eigenvalue weighted by molar-refractivity contribution is 6.31. The third-order valence-electron chi connectivity index (χ3n) is 3.49. The van der Waals surface area contributed by atoms with Gasteiger partial charge < -0.3 is 15.8 Å². The number of carbonyl (C=O) groups is 1. The van der Waals surface area contributed by atoms with Crippen LogP contribution in [-0.2, 0) is 16.1 Å². The van der Waals surface area contributed by atoms with Gasteiger partial charge >= 0.3 is 0 Å². The lowest BCUT2D eigenvalue weighted by atomic mass is 9.92. The maximum absolute atomic E-state index is 12.0. The second-order valence-electron chi connectivity index (χ2n) is 4.78. The van der Waals surface area contributed by atoms with Crippen molar-refractivity contribution < 1.29 is 9.53 Å². The maximum Gasteiger partial charge on any atom is 0.237 e. The first-order chi connectivity index (χ1) is 9.18. The Labute approximate surface area is 130 Å². The summed E-state index contributed by atoms with van der Waals surface area (Å²) >= 11 is 6.04. The molecule has 112 valence electrons. The number of ether oxygens (including phenoxy) is 1. The van der Waals surface area contributed by atoms with Crippen molar-refractivity contribution in [2.75, 3.05) is 13.2 Å². The number of nitrogens with two attached hydrogens (primary N) is 1. The topological polar surface area (TPSA) is 64.4 Å². The SMILES string of the molecule is Cl.NC(C(=O)NCc1ccccc1Cl)C1CCOCC1. The molecule has 1 aromatic carbocycles. The number of halogens is 2. The first-order valence-electron chi connectivity index (χ1n) is 6.53. The van der Waals surface area contributed by atoms with E-state index in [0.717, 1.165) is 18.4 Å². The molecule has 2 rings (SSSR count). The van der Waals surface area contributed by atoms with Crippen molar-refractivity contribution in [1.29, 1.82) is 0 Å². The highest BCUT2D eigenvalue weighted by Crippen LogP contribution is 2.18. The van der Waals surface area contributed by atoms with E-state index in [-0.39, 0.29) is 24.2 Å². The molecule has 0 aliphatic carbocycles. The molecule has 0 saturated carbocycles. The van der Waals surface area contributed by atoms with E-state index in [4.69, 9.17) is 22.1 Å². The number of hydrogen-bond acceptors (Lipinski definition) is 3. The van der Waals surface area contributed by atoms with Crippen molar-refractivity contribution >= 4 is 29.9 Å². The van der Waals surface area contributed by atoms with Gasteiger partial charge in [-0.05, 0) is 30.4 Å². The molecule has 1 aliphatic heterocycles. The van der Waals surface area contributed by atoms with Gasteiger partial charge in [0.25, 0.3) is 0 Å². The van der Waals surface area contributed by atoms with Gasteiger partial charge in [0.05, 0.1) is 6.04 Å². The fourth-order valence-electron chi connectivity index (χ4n) is 2.23. The van der Waals surface area contributed by atoms with Gasteiger partial charge in [-0.2, -0.15) is 0 Å². The molecule has 4 nitrogen and oxygen atoms in total. The van der Waals surface area contributed by atoms with Gasteiger partial charge in [-0.1, -0.05) is 29.8 Å². The number of amides is 1. The highest BCUT2D eigenvalue weighted by Gasteiger charge is 2.26. The van der Waals surface area contributed by atoms with Crippen LogP contribution < -0.4 is 11.1 Å². The van der Waals surface area contributed by atoms with Crippen molar-refractivity contribution in [2.45, 2.75) is 25.4 Å². The molecule has 1 aromatic rings. The summed E-state index contributed by atoms with van der Waals surface area (Å²) < 4.78 is 5.27. The highest BCUT2D eigenvalue weighted by atomic mass is 35.5. The van der Waals surface area contributed by atoms with Crippen molar-refractivity contribution in [1.82, 2.24) is 5.32 Å². The van der Waals surface area contributed by atoms with Crippen molar-refractivity contribution in [2.24, 2.45) is 11.7 Å². The predicted octanol–water partition coefficient (Wildman–Crippen LogP) is 2.13. The Kier molecular flexibility index (Phi) is 7.30. The Morgan fingerprint density at radius 3 is 2.70 bits per heavy atom. The van der Waals surface area contributed by atoms with E-state index in [1.165, 1.54) is 0 Å². The second kappa shape index (κ2) is 8.47. The minimum atomic E-state index is -0.466. The molecule has 0 radical (unpaired) electrons. The van der Waals surface area contributed by atoms with Gasteiger partial charge in [-0.15, -0.1) is 12.4 Å². The van der Waals surface area contributed by atoms with E-state index in [9.17, 15) is 4.79 Å². The van der Waals surface area contributed by atoms with Crippen molar-refractivity contribution in [3.63, 3.8) is 0 Å². The molecule has 1 saturated heterocycles. The van der Waals surface area contributed by atoms with Crippen LogP contribution in [0.4, 0.5) is 0 Å². The van der Waals surface area contributed by atoms with Crippen molar-refractivity contribution in [3.05, 3.63) is 34.9 Å². The third-order valence-corrected chi connectivity index (χ3v) is 3.86. The van der Waals surface area contributed by atoms with Gasteiger partial charge in [0.15, 0.2) is 0 Å².